The maximum Gasteiger partial charge on any atom is 0.317 e. The monoisotopic (exact) mass is 395 g/mol. The van der Waals surface area contributed by atoms with Crippen LogP contribution in [0, 0.1) is 16.0 Å². The lowest BCUT2D eigenvalue weighted by Crippen LogP contribution is -2.34. The summed E-state index contributed by atoms with van der Waals surface area (Å²) >= 11 is 0. The Hall–Kier alpha value is -3.48. The summed E-state index contributed by atoms with van der Waals surface area (Å²) < 4.78 is 10.3. The van der Waals surface area contributed by atoms with Crippen molar-refractivity contribution < 1.29 is 24.0 Å². The zero-order chi connectivity index (χ0) is 21.0. The fraction of sp³-hybridized carbons (Fsp3) is 0.273. The quantitative estimate of drug-likeness (QED) is 0.318. The topological polar surface area (TPSA) is 95.7 Å². The molecule has 0 bridgehead atoms. The molecule has 0 spiro atoms. The molecule has 0 unspecified atom stereocenters. The van der Waals surface area contributed by atoms with Crippen LogP contribution in [0.1, 0.15) is 30.4 Å². The van der Waals surface area contributed by atoms with Crippen LogP contribution in [0.15, 0.2) is 54.6 Å². The van der Waals surface area contributed by atoms with Crippen LogP contribution in [0.25, 0.3) is 5.57 Å². The fourth-order valence-corrected chi connectivity index (χ4v) is 3.57. The third kappa shape index (κ3) is 4.34. The van der Waals surface area contributed by atoms with Gasteiger partial charge in [-0.3, -0.25) is 19.7 Å². The Kier molecular flexibility index (Phi) is 6.07. The summed E-state index contributed by atoms with van der Waals surface area (Å²) in [5.74, 6) is -1.87. The Labute approximate surface area is 168 Å². The van der Waals surface area contributed by atoms with Crippen LogP contribution in [0.4, 0.5) is 5.69 Å². The second-order valence-electron chi connectivity index (χ2n) is 6.69. The molecule has 0 saturated heterocycles. The number of ketones is 1. The van der Waals surface area contributed by atoms with Gasteiger partial charge >= 0.3 is 5.97 Å². The normalized spacial score (nSPS) is 18.7. The highest BCUT2D eigenvalue weighted by molar-refractivity contribution is 6.10. The number of rotatable bonds is 6. The lowest BCUT2D eigenvalue weighted by molar-refractivity contribution is -0.384. The summed E-state index contributed by atoms with van der Waals surface area (Å²) in [6.45, 7) is 1.82. The Balaban J connectivity index is 2.03. The van der Waals surface area contributed by atoms with Crippen molar-refractivity contribution in [2.24, 2.45) is 5.92 Å². The Morgan fingerprint density at radius 3 is 2.55 bits per heavy atom. The maximum atomic E-state index is 12.9. The smallest absolute Gasteiger partial charge is 0.317 e. The summed E-state index contributed by atoms with van der Waals surface area (Å²) in [6.07, 6.45) is 1.85. The number of benzene rings is 2. The number of nitro groups is 1. The van der Waals surface area contributed by atoms with E-state index < -0.39 is 22.7 Å². The van der Waals surface area contributed by atoms with Crippen molar-refractivity contribution >= 4 is 23.0 Å². The number of methoxy groups -OCH3 is 1. The van der Waals surface area contributed by atoms with Crippen LogP contribution in [-0.4, -0.2) is 30.4 Å². The first-order valence-corrected chi connectivity index (χ1v) is 9.24. The molecule has 0 saturated carbocycles. The first-order valence-electron chi connectivity index (χ1n) is 9.24. The van der Waals surface area contributed by atoms with Crippen molar-refractivity contribution in [1.82, 2.24) is 0 Å². The van der Waals surface area contributed by atoms with Crippen molar-refractivity contribution in [3.63, 3.8) is 0 Å². The van der Waals surface area contributed by atoms with E-state index in [1.807, 2.05) is 12.1 Å². The number of hydrogen-bond acceptors (Lipinski definition) is 6. The van der Waals surface area contributed by atoms with Crippen molar-refractivity contribution in [2.45, 2.75) is 19.3 Å². The van der Waals surface area contributed by atoms with Crippen LogP contribution < -0.4 is 4.74 Å². The van der Waals surface area contributed by atoms with Gasteiger partial charge in [0, 0.05) is 18.1 Å². The zero-order valence-corrected chi connectivity index (χ0v) is 16.2. The van der Waals surface area contributed by atoms with E-state index in [1.165, 1.54) is 18.2 Å². The maximum absolute atomic E-state index is 12.9. The number of esters is 1. The molecule has 0 fully saturated rings. The van der Waals surface area contributed by atoms with Crippen LogP contribution in [0.2, 0.25) is 0 Å². The van der Waals surface area contributed by atoms with E-state index >= 15 is 0 Å². The second kappa shape index (κ2) is 8.68. The molecule has 0 N–H and O–H groups in total. The molecule has 0 aliphatic heterocycles. The Bertz CT molecular complexity index is 964. The first-order chi connectivity index (χ1) is 13.9. The van der Waals surface area contributed by atoms with Crippen molar-refractivity contribution in [1.29, 1.82) is 0 Å². The molecular formula is C22H21NO6. The minimum atomic E-state index is -1.03. The third-order valence-electron chi connectivity index (χ3n) is 4.98. The molecule has 2 aromatic rings. The third-order valence-corrected chi connectivity index (χ3v) is 4.98. The second-order valence-corrected chi connectivity index (χ2v) is 6.69. The summed E-state index contributed by atoms with van der Waals surface area (Å²) in [4.78, 5) is 36.1. The predicted octanol–water partition coefficient (Wildman–Crippen LogP) is 3.92. The van der Waals surface area contributed by atoms with E-state index in [0.29, 0.717) is 17.7 Å². The van der Waals surface area contributed by atoms with Crippen molar-refractivity contribution in [3.05, 3.63) is 75.8 Å². The highest BCUT2D eigenvalue weighted by Crippen LogP contribution is 2.41. The molecule has 150 valence electrons. The Morgan fingerprint density at radius 2 is 1.93 bits per heavy atom. The van der Waals surface area contributed by atoms with Crippen LogP contribution in [-0.2, 0) is 14.3 Å². The molecule has 0 amide bonds. The van der Waals surface area contributed by atoms with Gasteiger partial charge in [0.2, 0.25) is 0 Å². The zero-order valence-electron chi connectivity index (χ0n) is 16.2. The van der Waals surface area contributed by atoms with Gasteiger partial charge in [-0.2, -0.15) is 0 Å². The highest BCUT2D eigenvalue weighted by atomic mass is 16.6. The summed E-state index contributed by atoms with van der Waals surface area (Å²) in [5.41, 5.74) is 2.06. The minimum absolute atomic E-state index is 0.0851. The number of carbonyl (C=O) groups is 2. The molecule has 2 atom stereocenters. The molecule has 1 aliphatic carbocycles. The van der Waals surface area contributed by atoms with Gasteiger partial charge in [-0.05, 0) is 48.3 Å². The lowest BCUT2D eigenvalue weighted by Gasteiger charge is -2.29. The molecule has 0 radical (unpaired) electrons. The Morgan fingerprint density at radius 1 is 1.21 bits per heavy atom. The fourth-order valence-electron chi connectivity index (χ4n) is 3.57. The van der Waals surface area contributed by atoms with Gasteiger partial charge in [-0.1, -0.05) is 24.3 Å². The SMILES string of the molecule is CCOC(=O)[C@H]1C(=O)C=C(c2ccc(OC)cc2)C[C@@H]1c1cccc([N+](=O)[O-])c1. The van der Waals surface area contributed by atoms with E-state index in [-0.39, 0.29) is 18.1 Å². The van der Waals surface area contributed by atoms with Crippen LogP contribution >= 0.6 is 0 Å². The number of ether oxygens (including phenoxy) is 2. The predicted molar refractivity (Wildman–Crippen MR) is 107 cm³/mol. The molecule has 0 heterocycles. The van der Waals surface area contributed by atoms with Gasteiger partial charge in [0.1, 0.15) is 11.7 Å². The number of carbonyl (C=O) groups excluding carboxylic acids is 2. The largest absolute Gasteiger partial charge is 0.497 e. The molecule has 7 heteroatoms. The van der Waals surface area contributed by atoms with Gasteiger partial charge in [0.05, 0.1) is 18.6 Å². The van der Waals surface area contributed by atoms with Gasteiger partial charge in [0.15, 0.2) is 5.78 Å². The van der Waals surface area contributed by atoms with Crippen molar-refractivity contribution in [3.8, 4) is 5.75 Å². The van der Waals surface area contributed by atoms with E-state index in [1.54, 1.807) is 38.3 Å². The molecule has 29 heavy (non-hydrogen) atoms. The van der Waals surface area contributed by atoms with E-state index in [2.05, 4.69) is 0 Å². The number of hydrogen-bond donors (Lipinski definition) is 0. The van der Waals surface area contributed by atoms with Gasteiger partial charge < -0.3 is 9.47 Å². The molecule has 0 aromatic heterocycles. The summed E-state index contributed by atoms with van der Waals surface area (Å²) in [5, 5.41) is 11.2. The summed E-state index contributed by atoms with van der Waals surface area (Å²) in [6, 6.07) is 13.3. The molecule has 3 rings (SSSR count). The molecule has 2 aromatic carbocycles. The number of allylic oxidation sites excluding steroid dienone is 2. The number of nitro benzene ring substituents is 1. The standard InChI is InChI=1S/C22H21NO6/c1-3-29-22(25)21-19(15-5-4-6-17(11-15)23(26)27)12-16(13-20(21)24)14-7-9-18(28-2)10-8-14/h4-11,13,19,21H,3,12H2,1-2H3/t19-,21-/m1/s1. The summed E-state index contributed by atoms with van der Waals surface area (Å²) in [7, 11) is 1.57. The average molecular weight is 395 g/mol. The number of non-ortho nitro benzene ring substituents is 1. The first kappa shape index (κ1) is 20.3. The lowest BCUT2D eigenvalue weighted by atomic mass is 9.73. The van der Waals surface area contributed by atoms with E-state index in [0.717, 1.165) is 11.1 Å². The van der Waals surface area contributed by atoms with Gasteiger partial charge in [0.25, 0.3) is 5.69 Å². The molecule has 1 aliphatic rings. The molecular weight excluding hydrogens is 374 g/mol. The number of nitrogens with zero attached hydrogens (tertiary/aromatic N) is 1. The minimum Gasteiger partial charge on any atom is -0.497 e. The average Bonchev–Trinajstić information content (AvgIpc) is 2.73. The molecule has 7 nitrogen and oxygen atoms in total. The van der Waals surface area contributed by atoms with Crippen molar-refractivity contribution in [2.75, 3.05) is 13.7 Å². The van der Waals surface area contributed by atoms with Crippen LogP contribution in [0.5, 0.6) is 5.75 Å². The van der Waals surface area contributed by atoms with Gasteiger partial charge in [-0.25, -0.2) is 0 Å². The highest BCUT2D eigenvalue weighted by Gasteiger charge is 2.40. The van der Waals surface area contributed by atoms with E-state index in [4.69, 9.17) is 9.47 Å². The van der Waals surface area contributed by atoms with Gasteiger partial charge in [-0.15, -0.1) is 0 Å². The van der Waals surface area contributed by atoms with E-state index in [9.17, 15) is 19.7 Å². The van der Waals surface area contributed by atoms with Crippen LogP contribution in [0.3, 0.4) is 0 Å².